The predicted octanol–water partition coefficient (Wildman–Crippen LogP) is 0.825. The topological polar surface area (TPSA) is 41.6 Å². The lowest BCUT2D eigenvalue weighted by Crippen LogP contribution is -2.51. The van der Waals surface area contributed by atoms with Crippen LogP contribution in [0, 0.1) is 5.92 Å². The van der Waals surface area contributed by atoms with Gasteiger partial charge in [-0.15, -0.1) is 0 Å². The Bertz CT molecular complexity index is 235. The minimum absolute atomic E-state index is 0.172. The zero-order chi connectivity index (χ0) is 10.3. The van der Waals surface area contributed by atoms with E-state index in [0.29, 0.717) is 12.0 Å². The molecule has 1 N–H and O–H groups in total. The fourth-order valence-electron chi connectivity index (χ4n) is 1.93. The van der Waals surface area contributed by atoms with Crippen LogP contribution in [-0.2, 0) is 4.74 Å². The Morgan fingerprint density at radius 3 is 2.50 bits per heavy atom. The second-order valence-corrected chi connectivity index (χ2v) is 5.16. The van der Waals surface area contributed by atoms with Gasteiger partial charge < -0.3 is 15.0 Å². The molecule has 0 aromatic rings. The highest BCUT2D eigenvalue weighted by molar-refractivity contribution is 5.68. The second-order valence-electron chi connectivity index (χ2n) is 5.16. The van der Waals surface area contributed by atoms with Crippen LogP contribution in [0.15, 0.2) is 0 Å². The molecule has 2 aliphatic rings. The van der Waals surface area contributed by atoms with Crippen molar-refractivity contribution in [1.29, 1.82) is 0 Å². The maximum absolute atomic E-state index is 11.7. The molecule has 2 saturated heterocycles. The van der Waals surface area contributed by atoms with E-state index < -0.39 is 0 Å². The number of rotatable bonds is 0. The Balaban J connectivity index is 1.87. The van der Waals surface area contributed by atoms with Crippen molar-refractivity contribution in [3.05, 3.63) is 0 Å². The van der Waals surface area contributed by atoms with E-state index in [1.165, 1.54) is 0 Å². The number of nitrogens with zero attached hydrogens (tertiary/aromatic N) is 1. The van der Waals surface area contributed by atoms with Crippen molar-refractivity contribution in [2.24, 2.45) is 5.92 Å². The molecule has 0 radical (unpaired) electrons. The molecule has 0 aromatic carbocycles. The van der Waals surface area contributed by atoms with Crippen LogP contribution >= 0.6 is 0 Å². The highest BCUT2D eigenvalue weighted by Gasteiger charge is 2.41. The summed E-state index contributed by atoms with van der Waals surface area (Å²) in [4.78, 5) is 13.5. The van der Waals surface area contributed by atoms with Gasteiger partial charge in [0.2, 0.25) is 0 Å². The van der Waals surface area contributed by atoms with Gasteiger partial charge in [-0.1, -0.05) is 0 Å². The van der Waals surface area contributed by atoms with E-state index in [-0.39, 0.29) is 11.7 Å². The molecule has 0 aromatic heterocycles. The Morgan fingerprint density at radius 1 is 1.43 bits per heavy atom. The highest BCUT2D eigenvalue weighted by Crippen LogP contribution is 2.24. The van der Waals surface area contributed by atoms with Crippen LogP contribution in [-0.4, -0.2) is 42.3 Å². The number of ether oxygens (including phenoxy) is 1. The molecule has 2 rings (SSSR count). The van der Waals surface area contributed by atoms with Gasteiger partial charge in [0.15, 0.2) is 0 Å². The summed E-state index contributed by atoms with van der Waals surface area (Å²) in [5.74, 6) is 0.655. The first-order valence-electron chi connectivity index (χ1n) is 5.17. The summed E-state index contributed by atoms with van der Waals surface area (Å²) in [5.41, 5.74) is -0.383. The largest absolute Gasteiger partial charge is 0.444 e. The normalized spacial score (nSPS) is 30.9. The average Bonchev–Trinajstić information content (AvgIpc) is 2.24. The summed E-state index contributed by atoms with van der Waals surface area (Å²) in [6.07, 6.45) is -0.172. The van der Waals surface area contributed by atoms with Crippen LogP contribution in [0.1, 0.15) is 20.8 Å². The number of fused-ring (bicyclic) bond motifs is 1. The van der Waals surface area contributed by atoms with Crippen LogP contribution in [0.3, 0.4) is 0 Å². The summed E-state index contributed by atoms with van der Waals surface area (Å²) in [7, 11) is 0. The molecular weight excluding hydrogens is 180 g/mol. The summed E-state index contributed by atoms with van der Waals surface area (Å²) in [5, 5.41) is 3.31. The van der Waals surface area contributed by atoms with Crippen LogP contribution in [0.4, 0.5) is 4.79 Å². The Morgan fingerprint density at radius 2 is 2.14 bits per heavy atom. The zero-order valence-corrected chi connectivity index (χ0v) is 9.04. The second kappa shape index (κ2) is 3.12. The molecule has 2 atom stereocenters. The third kappa shape index (κ3) is 1.85. The number of hydrogen-bond acceptors (Lipinski definition) is 3. The molecule has 1 amide bonds. The van der Waals surface area contributed by atoms with E-state index in [1.807, 2.05) is 20.8 Å². The van der Waals surface area contributed by atoms with E-state index in [2.05, 4.69) is 5.32 Å². The Labute approximate surface area is 84.6 Å². The van der Waals surface area contributed by atoms with Gasteiger partial charge in [0.25, 0.3) is 0 Å². The average molecular weight is 198 g/mol. The first-order chi connectivity index (χ1) is 6.46. The van der Waals surface area contributed by atoms with Crippen molar-refractivity contribution in [2.45, 2.75) is 32.4 Å². The van der Waals surface area contributed by atoms with Gasteiger partial charge in [-0.2, -0.15) is 0 Å². The number of likely N-dealkylation sites (tertiary alicyclic amines) is 1. The zero-order valence-electron chi connectivity index (χ0n) is 9.04. The van der Waals surface area contributed by atoms with E-state index in [4.69, 9.17) is 4.74 Å². The standard InChI is InChI=1S/C10H18N2O2/c1-10(2,3)14-9(13)12-5-7-4-11-8(7)6-12/h7-8,11H,4-6H2,1-3H3/t7-,8?/m0/s1. The fourth-order valence-corrected chi connectivity index (χ4v) is 1.93. The minimum Gasteiger partial charge on any atom is -0.444 e. The molecule has 2 aliphatic heterocycles. The quantitative estimate of drug-likeness (QED) is 0.626. The Hall–Kier alpha value is -0.770. The van der Waals surface area contributed by atoms with Gasteiger partial charge in [-0.25, -0.2) is 4.79 Å². The molecule has 0 spiro atoms. The molecule has 0 bridgehead atoms. The lowest BCUT2D eigenvalue weighted by atomic mass is 9.96. The molecule has 4 nitrogen and oxygen atoms in total. The minimum atomic E-state index is -0.383. The van der Waals surface area contributed by atoms with Crippen molar-refractivity contribution in [3.63, 3.8) is 0 Å². The van der Waals surface area contributed by atoms with E-state index in [1.54, 1.807) is 4.90 Å². The lowest BCUT2D eigenvalue weighted by molar-refractivity contribution is 0.0290. The molecule has 2 fully saturated rings. The monoisotopic (exact) mass is 198 g/mol. The van der Waals surface area contributed by atoms with Crippen LogP contribution in [0.5, 0.6) is 0 Å². The predicted molar refractivity (Wildman–Crippen MR) is 53.1 cm³/mol. The van der Waals surface area contributed by atoms with Crippen LogP contribution in [0.25, 0.3) is 0 Å². The summed E-state index contributed by atoms with van der Waals surface area (Å²) in [6, 6.07) is 0.516. The van der Waals surface area contributed by atoms with Gasteiger partial charge in [0.05, 0.1) is 0 Å². The summed E-state index contributed by atoms with van der Waals surface area (Å²) < 4.78 is 5.31. The van der Waals surface area contributed by atoms with Gasteiger partial charge >= 0.3 is 6.09 Å². The van der Waals surface area contributed by atoms with Crippen LogP contribution < -0.4 is 5.32 Å². The molecule has 0 aliphatic carbocycles. The maximum atomic E-state index is 11.7. The van der Waals surface area contributed by atoms with Crippen molar-refractivity contribution in [1.82, 2.24) is 10.2 Å². The smallest absolute Gasteiger partial charge is 0.410 e. The molecule has 4 heteroatoms. The van der Waals surface area contributed by atoms with E-state index >= 15 is 0 Å². The first kappa shape index (κ1) is 9.77. The van der Waals surface area contributed by atoms with Gasteiger partial charge in [0, 0.05) is 31.6 Å². The molecule has 1 unspecified atom stereocenters. The van der Waals surface area contributed by atoms with Crippen molar-refractivity contribution >= 4 is 6.09 Å². The van der Waals surface area contributed by atoms with Crippen molar-refractivity contribution < 1.29 is 9.53 Å². The van der Waals surface area contributed by atoms with Gasteiger partial charge in [0.1, 0.15) is 5.60 Å². The third-order valence-corrected chi connectivity index (χ3v) is 2.73. The SMILES string of the molecule is CC(C)(C)OC(=O)N1CC2NC[C@H]2C1. The molecule has 14 heavy (non-hydrogen) atoms. The molecule has 80 valence electrons. The van der Waals surface area contributed by atoms with Gasteiger partial charge in [-0.05, 0) is 20.8 Å². The van der Waals surface area contributed by atoms with Crippen LogP contribution in [0.2, 0.25) is 0 Å². The van der Waals surface area contributed by atoms with E-state index in [9.17, 15) is 4.79 Å². The van der Waals surface area contributed by atoms with Crippen molar-refractivity contribution in [2.75, 3.05) is 19.6 Å². The number of carbonyl (C=O) groups excluding carboxylic acids is 1. The molecule has 0 saturated carbocycles. The maximum Gasteiger partial charge on any atom is 0.410 e. The van der Waals surface area contributed by atoms with E-state index in [0.717, 1.165) is 19.6 Å². The number of hydrogen-bond donors (Lipinski definition) is 1. The number of amides is 1. The molecular formula is C10H18N2O2. The number of carbonyl (C=O) groups is 1. The first-order valence-corrected chi connectivity index (χ1v) is 5.17. The summed E-state index contributed by atoms with van der Waals surface area (Å²) in [6.45, 7) is 8.39. The number of nitrogens with one attached hydrogen (secondary N) is 1. The lowest BCUT2D eigenvalue weighted by Gasteiger charge is -2.29. The van der Waals surface area contributed by atoms with Crippen molar-refractivity contribution in [3.8, 4) is 0 Å². The third-order valence-electron chi connectivity index (χ3n) is 2.73. The summed E-state index contributed by atoms with van der Waals surface area (Å²) >= 11 is 0. The van der Waals surface area contributed by atoms with Gasteiger partial charge in [-0.3, -0.25) is 0 Å². The Kier molecular flexibility index (Phi) is 2.18. The molecule has 2 heterocycles. The fraction of sp³-hybridized carbons (Fsp3) is 0.900. The highest BCUT2D eigenvalue weighted by atomic mass is 16.6.